The van der Waals surface area contributed by atoms with Gasteiger partial charge < -0.3 is 10.2 Å². The Morgan fingerprint density at radius 3 is 3.17 bits per heavy atom. The van der Waals surface area contributed by atoms with Crippen molar-refractivity contribution in [3.63, 3.8) is 0 Å². The molecule has 2 rings (SSSR count). The van der Waals surface area contributed by atoms with E-state index < -0.39 is 0 Å². The van der Waals surface area contributed by atoms with Crippen LogP contribution < -0.4 is 5.32 Å². The maximum atomic E-state index is 6.04. The monoisotopic (exact) mass is 267 g/mol. The Bertz CT molecular complexity index is 370. The van der Waals surface area contributed by atoms with Crippen molar-refractivity contribution >= 4 is 17.3 Å². The average molecular weight is 268 g/mol. The summed E-state index contributed by atoms with van der Waals surface area (Å²) >= 11 is 6.04. The molecule has 100 valence electrons. The summed E-state index contributed by atoms with van der Waals surface area (Å²) in [7, 11) is 0. The van der Waals surface area contributed by atoms with Gasteiger partial charge >= 0.3 is 0 Å². The number of hydrogen-bond donors (Lipinski definition) is 1. The van der Waals surface area contributed by atoms with E-state index in [-0.39, 0.29) is 0 Å². The standard InChI is InChI=1S/C14H22ClN3/c1-12-5-2-3-9-18(12)10-4-7-17-14-6-8-16-11-13(14)15/h6,8,11-12H,2-5,7,9-10H2,1H3,(H,16,17). The minimum Gasteiger partial charge on any atom is -0.384 e. The third kappa shape index (κ3) is 3.85. The molecule has 1 aliphatic rings. The van der Waals surface area contributed by atoms with Crippen LogP contribution >= 0.6 is 11.6 Å². The summed E-state index contributed by atoms with van der Waals surface area (Å²) in [6.45, 7) is 5.74. The Hall–Kier alpha value is -0.800. The number of anilines is 1. The number of rotatable bonds is 5. The normalized spacial score (nSPS) is 20.9. The summed E-state index contributed by atoms with van der Waals surface area (Å²) < 4.78 is 0. The molecular weight excluding hydrogens is 246 g/mol. The van der Waals surface area contributed by atoms with Crippen molar-refractivity contribution in [1.29, 1.82) is 0 Å². The highest BCUT2D eigenvalue weighted by molar-refractivity contribution is 6.33. The van der Waals surface area contributed by atoms with Gasteiger partial charge in [-0.25, -0.2) is 0 Å². The second kappa shape index (κ2) is 6.95. The molecule has 1 aromatic heterocycles. The molecule has 0 aliphatic carbocycles. The lowest BCUT2D eigenvalue weighted by atomic mass is 10.0. The van der Waals surface area contributed by atoms with E-state index in [9.17, 15) is 0 Å². The molecule has 0 aromatic carbocycles. The molecule has 1 aliphatic heterocycles. The Balaban J connectivity index is 1.68. The first-order valence-corrected chi connectivity index (χ1v) is 7.22. The molecule has 1 fully saturated rings. The summed E-state index contributed by atoms with van der Waals surface area (Å²) in [5, 5.41) is 4.07. The quantitative estimate of drug-likeness (QED) is 0.829. The fourth-order valence-corrected chi connectivity index (χ4v) is 2.70. The molecule has 1 unspecified atom stereocenters. The SMILES string of the molecule is CC1CCCCN1CCCNc1ccncc1Cl. The maximum absolute atomic E-state index is 6.04. The molecule has 1 saturated heterocycles. The maximum Gasteiger partial charge on any atom is 0.0820 e. The predicted octanol–water partition coefficient (Wildman–Crippen LogP) is 3.41. The third-order valence-corrected chi connectivity index (χ3v) is 3.95. The zero-order valence-electron chi connectivity index (χ0n) is 11.0. The van der Waals surface area contributed by atoms with Crippen LogP contribution in [0.2, 0.25) is 5.02 Å². The van der Waals surface area contributed by atoms with Gasteiger partial charge in [0.15, 0.2) is 0 Å². The summed E-state index contributed by atoms with van der Waals surface area (Å²) in [5.74, 6) is 0. The third-order valence-electron chi connectivity index (χ3n) is 3.65. The smallest absolute Gasteiger partial charge is 0.0820 e. The van der Waals surface area contributed by atoms with E-state index in [4.69, 9.17) is 11.6 Å². The first-order valence-electron chi connectivity index (χ1n) is 6.85. The van der Waals surface area contributed by atoms with Gasteiger partial charge in [-0.15, -0.1) is 0 Å². The van der Waals surface area contributed by atoms with Crippen molar-refractivity contribution in [3.8, 4) is 0 Å². The van der Waals surface area contributed by atoms with Crippen LogP contribution in [0.5, 0.6) is 0 Å². The molecule has 0 radical (unpaired) electrons. The minimum atomic E-state index is 0.698. The van der Waals surface area contributed by atoms with E-state index >= 15 is 0 Å². The second-order valence-electron chi connectivity index (χ2n) is 5.02. The average Bonchev–Trinajstić information content (AvgIpc) is 2.38. The Labute approximate surface area is 115 Å². The van der Waals surface area contributed by atoms with Gasteiger partial charge in [-0.1, -0.05) is 18.0 Å². The highest BCUT2D eigenvalue weighted by Gasteiger charge is 2.16. The van der Waals surface area contributed by atoms with Gasteiger partial charge in [0.2, 0.25) is 0 Å². The molecular formula is C14H22ClN3. The molecule has 1 N–H and O–H groups in total. The van der Waals surface area contributed by atoms with E-state index in [1.54, 1.807) is 12.4 Å². The molecule has 0 bridgehead atoms. The van der Waals surface area contributed by atoms with Crippen LogP contribution in [-0.2, 0) is 0 Å². The van der Waals surface area contributed by atoms with Crippen LogP contribution in [0.3, 0.4) is 0 Å². The van der Waals surface area contributed by atoms with Gasteiger partial charge in [0.1, 0.15) is 0 Å². The number of nitrogens with one attached hydrogen (secondary N) is 1. The fraction of sp³-hybridized carbons (Fsp3) is 0.643. The summed E-state index contributed by atoms with van der Waals surface area (Å²) in [6, 6.07) is 2.68. The topological polar surface area (TPSA) is 28.2 Å². The van der Waals surface area contributed by atoms with E-state index in [1.807, 2.05) is 6.07 Å². The lowest BCUT2D eigenvalue weighted by Crippen LogP contribution is -2.38. The minimum absolute atomic E-state index is 0.698. The predicted molar refractivity (Wildman–Crippen MR) is 77.2 cm³/mol. The highest BCUT2D eigenvalue weighted by atomic mass is 35.5. The first-order chi connectivity index (χ1) is 8.77. The second-order valence-corrected chi connectivity index (χ2v) is 5.42. The van der Waals surface area contributed by atoms with Crippen LogP contribution in [0.25, 0.3) is 0 Å². The van der Waals surface area contributed by atoms with Gasteiger partial charge in [0.25, 0.3) is 0 Å². The van der Waals surface area contributed by atoms with Gasteiger partial charge in [0, 0.05) is 31.5 Å². The van der Waals surface area contributed by atoms with E-state index in [1.165, 1.54) is 32.4 Å². The van der Waals surface area contributed by atoms with Crippen LogP contribution in [0, 0.1) is 0 Å². The molecule has 1 aromatic rings. The number of halogens is 1. The van der Waals surface area contributed by atoms with Crippen molar-refractivity contribution in [2.75, 3.05) is 25.0 Å². The number of aromatic nitrogens is 1. The first kappa shape index (κ1) is 13.6. The number of pyridine rings is 1. The van der Waals surface area contributed by atoms with E-state index in [0.717, 1.165) is 24.7 Å². The number of hydrogen-bond acceptors (Lipinski definition) is 3. The summed E-state index contributed by atoms with van der Waals surface area (Å²) in [4.78, 5) is 6.57. The van der Waals surface area contributed by atoms with Crippen LogP contribution in [0.1, 0.15) is 32.6 Å². The lowest BCUT2D eigenvalue weighted by Gasteiger charge is -2.33. The molecule has 2 heterocycles. The zero-order valence-corrected chi connectivity index (χ0v) is 11.8. The van der Waals surface area contributed by atoms with Gasteiger partial charge in [-0.05, 0) is 38.8 Å². The van der Waals surface area contributed by atoms with Crippen LogP contribution in [0.4, 0.5) is 5.69 Å². The van der Waals surface area contributed by atoms with Gasteiger partial charge in [0.05, 0.1) is 10.7 Å². The Kier molecular flexibility index (Phi) is 5.26. The molecule has 0 amide bonds. The number of likely N-dealkylation sites (tertiary alicyclic amines) is 1. The summed E-state index contributed by atoms with van der Waals surface area (Å²) in [6.07, 6.45) is 8.70. The molecule has 0 spiro atoms. The Morgan fingerprint density at radius 1 is 1.50 bits per heavy atom. The van der Waals surface area contributed by atoms with Crippen molar-refractivity contribution in [3.05, 3.63) is 23.5 Å². The van der Waals surface area contributed by atoms with E-state index in [0.29, 0.717) is 5.02 Å². The molecule has 18 heavy (non-hydrogen) atoms. The van der Waals surface area contributed by atoms with Crippen LogP contribution in [0.15, 0.2) is 18.5 Å². The largest absolute Gasteiger partial charge is 0.384 e. The highest BCUT2D eigenvalue weighted by Crippen LogP contribution is 2.19. The number of nitrogens with zero attached hydrogens (tertiary/aromatic N) is 2. The number of piperidine rings is 1. The molecule has 1 atom stereocenters. The van der Waals surface area contributed by atoms with Crippen molar-refractivity contribution in [1.82, 2.24) is 9.88 Å². The Morgan fingerprint density at radius 2 is 2.39 bits per heavy atom. The lowest BCUT2D eigenvalue weighted by molar-refractivity contribution is 0.160. The molecule has 0 saturated carbocycles. The molecule has 4 heteroatoms. The van der Waals surface area contributed by atoms with Crippen molar-refractivity contribution in [2.24, 2.45) is 0 Å². The van der Waals surface area contributed by atoms with Crippen molar-refractivity contribution < 1.29 is 0 Å². The van der Waals surface area contributed by atoms with Crippen molar-refractivity contribution in [2.45, 2.75) is 38.6 Å². The zero-order chi connectivity index (χ0) is 12.8. The van der Waals surface area contributed by atoms with Gasteiger partial charge in [-0.3, -0.25) is 4.98 Å². The summed E-state index contributed by atoms with van der Waals surface area (Å²) in [5.41, 5.74) is 0.985. The fourth-order valence-electron chi connectivity index (χ4n) is 2.51. The van der Waals surface area contributed by atoms with E-state index in [2.05, 4.69) is 22.1 Å². The van der Waals surface area contributed by atoms with Crippen LogP contribution in [-0.4, -0.2) is 35.6 Å². The molecule has 3 nitrogen and oxygen atoms in total. The van der Waals surface area contributed by atoms with Gasteiger partial charge in [-0.2, -0.15) is 0 Å².